The largest absolute Gasteiger partial charge is 0.573 e. The normalized spacial score (nSPS) is 32.5. The monoisotopic (exact) mass is 939 g/mol. The summed E-state index contributed by atoms with van der Waals surface area (Å²) in [5, 5.41) is 40.0. The van der Waals surface area contributed by atoms with E-state index in [2.05, 4.69) is 10.1 Å². The van der Waals surface area contributed by atoms with E-state index in [0.717, 1.165) is 31.2 Å². The van der Waals surface area contributed by atoms with Crippen molar-refractivity contribution < 1.29 is 90.4 Å². The standard InChI is InChI=1S/C46H60F3NO16/c1-21(2)16-27(50-40(58)66-41(5,6)7)32(53)39(57)61-28-19-45(59)36(63-38(56)25-12-11-13-26(17-25)65-46(47,48)49)34-43(10,29(52)18-30-44(34,20-60-30)64-23(4)51)35(54)33(62-37(55)24-14-15-24)31(22(28)3)42(45,8)9/h11-13,17,21,24,27-30,32-34,36,52-53,59H,14-16,18-20H2,1-10H3,(H,50,58)/t27-,28-,29-,30+,32+,33+,34-,36-,43+,44-,45+/m0/s1. The highest BCUT2D eigenvalue weighted by Gasteiger charge is 2.78. The third-order valence-corrected chi connectivity index (χ3v) is 13.6. The fourth-order valence-electron chi connectivity index (χ4n) is 10.2. The second-order valence-corrected chi connectivity index (χ2v) is 20.3. The van der Waals surface area contributed by atoms with Crippen LogP contribution >= 0.6 is 0 Å². The van der Waals surface area contributed by atoms with E-state index in [9.17, 15) is 52.5 Å². The van der Waals surface area contributed by atoms with E-state index in [0.29, 0.717) is 12.8 Å². The number of hydrogen-bond acceptors (Lipinski definition) is 16. The first-order chi connectivity index (χ1) is 30.4. The summed E-state index contributed by atoms with van der Waals surface area (Å²) in [5.74, 6) is -8.60. The maximum atomic E-state index is 15.7. The molecule has 1 aliphatic heterocycles. The topological polar surface area (TPSA) is 240 Å². The number of Topliss-reactive ketones (excluding diaryl/α,β-unsaturated/α-hetero) is 1. The molecule has 4 fully saturated rings. The molecule has 4 aliphatic carbocycles. The number of hydrogen-bond donors (Lipinski definition) is 4. The average Bonchev–Trinajstić information content (AvgIpc) is 4.03. The van der Waals surface area contributed by atoms with Crippen molar-refractivity contribution in [2.45, 2.75) is 167 Å². The van der Waals surface area contributed by atoms with Crippen LogP contribution < -0.4 is 10.1 Å². The first-order valence-corrected chi connectivity index (χ1v) is 22.0. The van der Waals surface area contributed by atoms with Crippen molar-refractivity contribution in [1.82, 2.24) is 5.32 Å². The molecule has 0 aromatic heterocycles. The first-order valence-electron chi connectivity index (χ1n) is 22.0. The number of halogens is 3. The smallest absolute Gasteiger partial charge is 0.456 e. The highest BCUT2D eigenvalue weighted by molar-refractivity contribution is 5.96. The molecule has 1 amide bonds. The minimum absolute atomic E-state index is 0.0577. The summed E-state index contributed by atoms with van der Waals surface area (Å²) in [6.45, 7) is 14.7. The number of rotatable bonds is 12. The lowest BCUT2D eigenvalue weighted by atomic mass is 9.44. The molecule has 0 spiro atoms. The van der Waals surface area contributed by atoms with Crippen LogP contribution in [-0.4, -0.2) is 124 Å². The Morgan fingerprint density at radius 1 is 1.02 bits per heavy atom. The predicted molar refractivity (Wildman–Crippen MR) is 221 cm³/mol. The van der Waals surface area contributed by atoms with Crippen LogP contribution in [0.4, 0.5) is 18.0 Å². The van der Waals surface area contributed by atoms with Gasteiger partial charge in [0.2, 0.25) is 0 Å². The zero-order chi connectivity index (χ0) is 49.3. The van der Waals surface area contributed by atoms with Gasteiger partial charge in [-0.3, -0.25) is 14.4 Å². The molecule has 4 N–H and O–H groups in total. The van der Waals surface area contributed by atoms with Gasteiger partial charge in [-0.15, -0.1) is 13.2 Å². The van der Waals surface area contributed by atoms with Crippen LogP contribution in [0.1, 0.15) is 112 Å². The molecule has 5 aliphatic rings. The Balaban J connectivity index is 1.55. The number of nitrogens with one attached hydrogen (secondary N) is 1. The van der Waals surface area contributed by atoms with Gasteiger partial charge in [-0.1, -0.05) is 33.8 Å². The predicted octanol–water partition coefficient (Wildman–Crippen LogP) is 4.79. The highest BCUT2D eigenvalue weighted by atomic mass is 19.4. The minimum Gasteiger partial charge on any atom is -0.456 e. The van der Waals surface area contributed by atoms with Gasteiger partial charge in [0.1, 0.15) is 35.3 Å². The number of benzene rings is 1. The average molecular weight is 940 g/mol. The Morgan fingerprint density at radius 3 is 2.21 bits per heavy atom. The van der Waals surface area contributed by atoms with E-state index < -0.39 is 149 Å². The number of esters is 4. The second-order valence-electron chi connectivity index (χ2n) is 20.3. The molecule has 6 rings (SSSR count). The van der Waals surface area contributed by atoms with Crippen molar-refractivity contribution in [1.29, 1.82) is 0 Å². The fourth-order valence-corrected chi connectivity index (χ4v) is 10.2. The Kier molecular flexibility index (Phi) is 13.6. The molecule has 66 heavy (non-hydrogen) atoms. The van der Waals surface area contributed by atoms with Crippen LogP contribution in [0.25, 0.3) is 0 Å². The van der Waals surface area contributed by atoms with Gasteiger partial charge in [0.05, 0.1) is 41.6 Å². The number of alkyl carbamates (subject to hydrolysis) is 1. The lowest BCUT2D eigenvalue weighted by Crippen LogP contribution is -2.82. The summed E-state index contributed by atoms with van der Waals surface area (Å²) in [6, 6.07) is 2.59. The van der Waals surface area contributed by atoms with Gasteiger partial charge in [-0.2, -0.15) is 0 Å². The van der Waals surface area contributed by atoms with E-state index in [1.807, 2.05) is 0 Å². The van der Waals surface area contributed by atoms with Crippen LogP contribution in [0.15, 0.2) is 35.4 Å². The molecule has 20 heteroatoms. The number of aliphatic hydroxyl groups excluding tert-OH is 2. The number of carbonyl (C=O) groups excluding carboxylic acids is 6. The Morgan fingerprint density at radius 2 is 1.67 bits per heavy atom. The quantitative estimate of drug-likeness (QED) is 0.125. The fraction of sp³-hybridized carbons (Fsp3) is 0.696. The van der Waals surface area contributed by atoms with Crippen molar-refractivity contribution in [2.24, 2.45) is 28.6 Å². The lowest BCUT2D eigenvalue weighted by molar-refractivity contribution is -0.346. The molecule has 3 saturated carbocycles. The van der Waals surface area contributed by atoms with E-state index in [1.54, 1.807) is 34.6 Å². The van der Waals surface area contributed by atoms with Gasteiger partial charge in [0.15, 0.2) is 23.6 Å². The van der Waals surface area contributed by atoms with Crippen molar-refractivity contribution in [3.63, 3.8) is 0 Å². The van der Waals surface area contributed by atoms with Crippen LogP contribution in [0.3, 0.4) is 0 Å². The maximum absolute atomic E-state index is 15.7. The number of ketones is 1. The van der Waals surface area contributed by atoms with Gasteiger partial charge >= 0.3 is 36.3 Å². The Labute approximate surface area is 380 Å². The van der Waals surface area contributed by atoms with Gasteiger partial charge in [-0.25, -0.2) is 14.4 Å². The number of aliphatic hydroxyl groups is 3. The SMILES string of the molecule is CC(=O)O[C@@]12CO[C@@H]1C[C@H](O)[C@@]1(C)C(=O)[C@H](OC(=O)C3CC3)C3=C(C)[C@@H](OC(=O)[C@H](O)[C@H](CC(C)C)NC(=O)OC(C)(C)C)C[C@@](O)([C@@H](OC(=O)c4cccc(OC(F)(F)F)c4)[C@H]21)C3(C)C. The van der Waals surface area contributed by atoms with E-state index in [4.69, 9.17) is 28.4 Å². The number of fused-ring (bicyclic) bond motifs is 5. The molecule has 1 heterocycles. The van der Waals surface area contributed by atoms with Crippen LogP contribution in [-0.2, 0) is 47.6 Å². The molecular formula is C46H60F3NO16. The Hall–Kier alpha value is -4.79. The van der Waals surface area contributed by atoms with Gasteiger partial charge in [0, 0.05) is 25.2 Å². The zero-order valence-corrected chi connectivity index (χ0v) is 38.6. The number of amides is 1. The van der Waals surface area contributed by atoms with Crippen molar-refractivity contribution in [3.8, 4) is 5.75 Å². The van der Waals surface area contributed by atoms with Crippen molar-refractivity contribution >= 4 is 35.8 Å². The van der Waals surface area contributed by atoms with Gasteiger partial charge in [0.25, 0.3) is 0 Å². The number of ether oxygens (including phenoxy) is 7. The molecule has 0 radical (unpaired) electrons. The molecule has 1 aromatic carbocycles. The summed E-state index contributed by atoms with van der Waals surface area (Å²) in [6.07, 6.45) is -16.7. The minimum atomic E-state index is -5.15. The van der Waals surface area contributed by atoms with Gasteiger partial charge < -0.3 is 53.8 Å². The van der Waals surface area contributed by atoms with Gasteiger partial charge in [-0.05, 0) is 89.1 Å². The molecule has 1 saturated heterocycles. The third kappa shape index (κ3) is 9.51. The maximum Gasteiger partial charge on any atom is 0.573 e. The highest BCUT2D eigenvalue weighted by Crippen LogP contribution is 2.64. The third-order valence-electron chi connectivity index (χ3n) is 13.6. The summed E-state index contributed by atoms with van der Waals surface area (Å²) >= 11 is 0. The van der Waals surface area contributed by atoms with Crippen molar-refractivity contribution in [3.05, 3.63) is 41.0 Å². The molecule has 17 nitrogen and oxygen atoms in total. The Bertz CT molecular complexity index is 2150. The molecule has 1 aromatic rings. The summed E-state index contributed by atoms with van der Waals surface area (Å²) < 4.78 is 79.6. The molecular weight excluding hydrogens is 879 g/mol. The summed E-state index contributed by atoms with van der Waals surface area (Å²) in [7, 11) is 0. The lowest BCUT2D eigenvalue weighted by Gasteiger charge is -2.67. The summed E-state index contributed by atoms with van der Waals surface area (Å²) in [5.41, 5.74) is -10.1. The van der Waals surface area contributed by atoms with Crippen LogP contribution in [0.5, 0.6) is 5.75 Å². The molecule has 2 bridgehead atoms. The summed E-state index contributed by atoms with van der Waals surface area (Å²) in [4.78, 5) is 84.0. The van der Waals surface area contributed by atoms with E-state index >= 15 is 4.79 Å². The van der Waals surface area contributed by atoms with Crippen LogP contribution in [0.2, 0.25) is 0 Å². The first kappa shape index (κ1) is 50.6. The van der Waals surface area contributed by atoms with E-state index in [1.165, 1.54) is 27.7 Å². The number of alkyl halides is 3. The number of carbonyl (C=O) groups is 6. The second kappa shape index (κ2) is 17.7. The van der Waals surface area contributed by atoms with E-state index in [-0.39, 0.29) is 29.9 Å². The van der Waals surface area contributed by atoms with Crippen LogP contribution in [0, 0.1) is 28.6 Å². The molecule has 0 unspecified atom stereocenters. The van der Waals surface area contributed by atoms with Crippen molar-refractivity contribution in [2.75, 3.05) is 6.61 Å². The molecule has 11 atom stereocenters. The zero-order valence-electron chi connectivity index (χ0n) is 38.6. The molecule has 366 valence electrons.